The van der Waals surface area contributed by atoms with Crippen LogP contribution in [0.1, 0.15) is 26.2 Å². The highest BCUT2D eigenvalue weighted by atomic mass is 19.1. The van der Waals surface area contributed by atoms with Gasteiger partial charge in [0.1, 0.15) is 5.82 Å². The highest BCUT2D eigenvalue weighted by molar-refractivity contribution is 5.69. The maximum absolute atomic E-state index is 13.3. The Morgan fingerprint density at radius 2 is 2.06 bits per heavy atom. The molecular weight excluding hydrogens is 210 g/mol. The molecule has 0 atom stereocenters. The van der Waals surface area contributed by atoms with Crippen LogP contribution in [-0.4, -0.2) is 12.6 Å². The van der Waals surface area contributed by atoms with Crippen LogP contribution >= 0.6 is 0 Å². The highest BCUT2D eigenvalue weighted by Crippen LogP contribution is 2.36. The van der Waals surface area contributed by atoms with E-state index in [9.17, 15) is 8.78 Å². The number of hydrogen-bond donors (Lipinski definition) is 1. The van der Waals surface area contributed by atoms with E-state index >= 15 is 0 Å². The molecule has 1 aromatic rings. The van der Waals surface area contributed by atoms with E-state index in [4.69, 9.17) is 5.73 Å². The molecule has 1 aliphatic carbocycles. The van der Waals surface area contributed by atoms with E-state index in [-0.39, 0.29) is 5.69 Å². The second-order valence-electron chi connectivity index (χ2n) is 4.24. The Kier molecular flexibility index (Phi) is 2.99. The van der Waals surface area contributed by atoms with Crippen LogP contribution in [0.5, 0.6) is 0 Å². The summed E-state index contributed by atoms with van der Waals surface area (Å²) in [4.78, 5) is 2.02. The van der Waals surface area contributed by atoms with Gasteiger partial charge >= 0.3 is 0 Å². The Hall–Kier alpha value is -1.32. The van der Waals surface area contributed by atoms with Gasteiger partial charge in [-0.1, -0.05) is 6.92 Å². The van der Waals surface area contributed by atoms with Crippen LogP contribution in [0.25, 0.3) is 0 Å². The van der Waals surface area contributed by atoms with Crippen LogP contribution in [0.2, 0.25) is 0 Å². The minimum absolute atomic E-state index is 0.0572. The molecule has 0 bridgehead atoms. The fourth-order valence-electron chi connectivity index (χ4n) is 1.94. The van der Waals surface area contributed by atoms with Crippen molar-refractivity contribution < 1.29 is 8.78 Å². The second-order valence-corrected chi connectivity index (χ2v) is 4.24. The van der Waals surface area contributed by atoms with Crippen LogP contribution < -0.4 is 10.6 Å². The van der Waals surface area contributed by atoms with Gasteiger partial charge in [0.15, 0.2) is 5.82 Å². The lowest BCUT2D eigenvalue weighted by Crippen LogP contribution is -2.27. The first-order valence-electron chi connectivity index (χ1n) is 5.64. The molecule has 0 spiro atoms. The SMILES string of the molecule is CCCN(c1cc(F)cc(F)c1N)C1CC1. The molecule has 88 valence electrons. The summed E-state index contributed by atoms with van der Waals surface area (Å²) >= 11 is 0. The summed E-state index contributed by atoms with van der Waals surface area (Å²) in [5, 5.41) is 0. The first-order chi connectivity index (χ1) is 7.63. The summed E-state index contributed by atoms with van der Waals surface area (Å²) < 4.78 is 26.5. The second kappa shape index (κ2) is 4.28. The minimum Gasteiger partial charge on any atom is -0.395 e. The number of hydrogen-bond acceptors (Lipinski definition) is 2. The van der Waals surface area contributed by atoms with E-state index in [1.807, 2.05) is 11.8 Å². The standard InChI is InChI=1S/C12H16F2N2/c1-2-5-16(9-3-4-9)11-7-8(13)6-10(14)12(11)15/h6-7,9H,2-5,15H2,1H3. The molecule has 2 rings (SSSR count). The summed E-state index contributed by atoms with van der Waals surface area (Å²) in [6.07, 6.45) is 3.10. The zero-order valence-electron chi connectivity index (χ0n) is 9.34. The molecule has 0 aromatic heterocycles. The Bertz CT molecular complexity index is 389. The van der Waals surface area contributed by atoms with E-state index in [0.29, 0.717) is 11.7 Å². The van der Waals surface area contributed by atoms with Crippen molar-refractivity contribution in [1.29, 1.82) is 0 Å². The average molecular weight is 226 g/mol. The summed E-state index contributed by atoms with van der Waals surface area (Å²) in [6.45, 7) is 2.83. The fraction of sp³-hybridized carbons (Fsp3) is 0.500. The topological polar surface area (TPSA) is 29.3 Å². The van der Waals surface area contributed by atoms with Gasteiger partial charge in [-0.05, 0) is 25.3 Å². The van der Waals surface area contributed by atoms with Crippen molar-refractivity contribution in [1.82, 2.24) is 0 Å². The predicted octanol–water partition coefficient (Wildman–Crippen LogP) is 2.93. The van der Waals surface area contributed by atoms with Crippen LogP contribution in [-0.2, 0) is 0 Å². The lowest BCUT2D eigenvalue weighted by Gasteiger charge is -2.25. The minimum atomic E-state index is -0.670. The number of nitrogens with zero attached hydrogens (tertiary/aromatic N) is 1. The zero-order valence-corrected chi connectivity index (χ0v) is 9.34. The molecule has 0 radical (unpaired) electrons. The molecule has 2 nitrogen and oxygen atoms in total. The normalized spacial score (nSPS) is 15.2. The quantitative estimate of drug-likeness (QED) is 0.800. The highest BCUT2D eigenvalue weighted by Gasteiger charge is 2.30. The van der Waals surface area contributed by atoms with Gasteiger partial charge in [0, 0.05) is 18.7 Å². The largest absolute Gasteiger partial charge is 0.395 e. The van der Waals surface area contributed by atoms with Crippen LogP contribution in [0.3, 0.4) is 0 Å². The lowest BCUT2D eigenvalue weighted by molar-refractivity contribution is 0.584. The van der Waals surface area contributed by atoms with E-state index in [2.05, 4.69) is 0 Å². The van der Waals surface area contributed by atoms with Crippen molar-refractivity contribution in [3.05, 3.63) is 23.8 Å². The summed E-state index contributed by atoms with van der Waals surface area (Å²) in [5.41, 5.74) is 6.22. The summed E-state index contributed by atoms with van der Waals surface area (Å²) in [7, 11) is 0. The smallest absolute Gasteiger partial charge is 0.151 e. The molecular formula is C12H16F2N2. The van der Waals surface area contributed by atoms with Crippen molar-refractivity contribution in [3.8, 4) is 0 Å². The monoisotopic (exact) mass is 226 g/mol. The van der Waals surface area contributed by atoms with Gasteiger partial charge in [-0.25, -0.2) is 8.78 Å². The number of rotatable bonds is 4. The van der Waals surface area contributed by atoms with Gasteiger partial charge in [0.25, 0.3) is 0 Å². The molecule has 0 unspecified atom stereocenters. The first-order valence-corrected chi connectivity index (χ1v) is 5.64. The first kappa shape index (κ1) is 11.2. The van der Waals surface area contributed by atoms with Crippen molar-refractivity contribution in [2.45, 2.75) is 32.2 Å². The van der Waals surface area contributed by atoms with Crippen molar-refractivity contribution in [3.63, 3.8) is 0 Å². The Labute approximate surface area is 94.0 Å². The summed E-state index contributed by atoms with van der Waals surface area (Å²) in [6, 6.07) is 2.56. The maximum atomic E-state index is 13.3. The number of nitrogen functional groups attached to an aromatic ring is 1. The van der Waals surface area contributed by atoms with Crippen molar-refractivity contribution >= 4 is 11.4 Å². The molecule has 2 N–H and O–H groups in total. The van der Waals surface area contributed by atoms with Crippen LogP contribution in [0, 0.1) is 11.6 Å². The zero-order chi connectivity index (χ0) is 11.7. The third-order valence-corrected chi connectivity index (χ3v) is 2.83. The number of benzene rings is 1. The molecule has 4 heteroatoms. The molecule has 1 aromatic carbocycles. The van der Waals surface area contributed by atoms with Crippen LogP contribution in [0.15, 0.2) is 12.1 Å². The molecule has 1 saturated carbocycles. The van der Waals surface area contributed by atoms with Crippen molar-refractivity contribution in [2.75, 3.05) is 17.2 Å². The third-order valence-electron chi connectivity index (χ3n) is 2.83. The van der Waals surface area contributed by atoms with Gasteiger partial charge in [-0.2, -0.15) is 0 Å². The number of halogens is 2. The molecule has 1 aliphatic rings. The lowest BCUT2D eigenvalue weighted by atomic mass is 10.2. The number of anilines is 2. The molecule has 0 aliphatic heterocycles. The van der Waals surface area contributed by atoms with Gasteiger partial charge in [-0.15, -0.1) is 0 Å². The van der Waals surface area contributed by atoms with E-state index in [1.54, 1.807) is 0 Å². The Morgan fingerprint density at radius 3 is 2.62 bits per heavy atom. The fourth-order valence-corrected chi connectivity index (χ4v) is 1.94. The van der Waals surface area contributed by atoms with Gasteiger partial charge in [-0.3, -0.25) is 0 Å². The van der Waals surface area contributed by atoms with Gasteiger partial charge < -0.3 is 10.6 Å². The van der Waals surface area contributed by atoms with E-state index in [0.717, 1.165) is 31.9 Å². The average Bonchev–Trinajstić information content (AvgIpc) is 3.04. The maximum Gasteiger partial charge on any atom is 0.151 e. The summed E-state index contributed by atoms with van der Waals surface area (Å²) in [5.74, 6) is -1.24. The molecule has 0 saturated heterocycles. The Morgan fingerprint density at radius 1 is 1.38 bits per heavy atom. The third kappa shape index (κ3) is 2.10. The number of nitrogens with two attached hydrogens (primary N) is 1. The molecule has 0 amide bonds. The van der Waals surface area contributed by atoms with Gasteiger partial charge in [0.2, 0.25) is 0 Å². The molecule has 0 heterocycles. The van der Waals surface area contributed by atoms with Crippen LogP contribution in [0.4, 0.5) is 20.2 Å². The Balaban J connectivity index is 2.35. The van der Waals surface area contributed by atoms with Crippen molar-refractivity contribution in [2.24, 2.45) is 0 Å². The van der Waals surface area contributed by atoms with E-state index in [1.165, 1.54) is 6.07 Å². The van der Waals surface area contributed by atoms with E-state index < -0.39 is 11.6 Å². The predicted molar refractivity (Wildman–Crippen MR) is 61.4 cm³/mol. The molecule has 1 fully saturated rings. The molecule has 16 heavy (non-hydrogen) atoms. The van der Waals surface area contributed by atoms with Gasteiger partial charge in [0.05, 0.1) is 11.4 Å².